The van der Waals surface area contributed by atoms with Gasteiger partial charge in [-0.05, 0) is 11.8 Å². The summed E-state index contributed by atoms with van der Waals surface area (Å²) in [4.78, 5) is 2.10. The molecule has 0 aromatic carbocycles. The molecule has 0 bridgehead atoms. The molecule has 23 heavy (non-hydrogen) atoms. The van der Waals surface area contributed by atoms with Crippen LogP contribution in [0.5, 0.6) is 0 Å². The van der Waals surface area contributed by atoms with Gasteiger partial charge in [0.2, 0.25) is 0 Å². The zero-order chi connectivity index (χ0) is 17.7. The molecule has 0 saturated heterocycles. The van der Waals surface area contributed by atoms with Crippen molar-refractivity contribution in [3.05, 3.63) is 29.3 Å². The maximum absolute atomic E-state index is 8.68. The fourth-order valence-electron chi connectivity index (χ4n) is 2.27. The Morgan fingerprint density at radius 1 is 0.957 bits per heavy atom. The first-order valence-corrected chi connectivity index (χ1v) is 7.81. The summed E-state index contributed by atoms with van der Waals surface area (Å²) in [5.74, 6) is 0.814. The number of hydrogen-bond acceptors (Lipinski definition) is 4. The molecule has 0 N–H and O–H groups in total. The minimum absolute atomic E-state index is 0.325. The highest BCUT2D eigenvalue weighted by atomic mass is 15.3. The van der Waals surface area contributed by atoms with Gasteiger partial charge < -0.3 is 4.90 Å². The van der Waals surface area contributed by atoms with Crippen LogP contribution in [0.4, 0.5) is 5.69 Å². The largest absolute Gasteiger partial charge is 0.375 e. The number of nitrogens with zero attached hydrogens (tertiary/aromatic N) is 6. The van der Waals surface area contributed by atoms with Crippen molar-refractivity contribution in [2.45, 2.75) is 39.5 Å². The van der Waals surface area contributed by atoms with E-state index in [2.05, 4.69) is 41.2 Å². The number of anilines is 1. The summed E-state index contributed by atoms with van der Waals surface area (Å²) < 4.78 is 3.54. The van der Waals surface area contributed by atoms with Gasteiger partial charge in [-0.1, -0.05) is 27.7 Å². The van der Waals surface area contributed by atoms with Gasteiger partial charge >= 0.3 is 0 Å². The highest BCUT2D eigenvalue weighted by molar-refractivity contribution is 5.49. The van der Waals surface area contributed by atoms with Gasteiger partial charge in [-0.3, -0.25) is 9.36 Å². The van der Waals surface area contributed by atoms with Gasteiger partial charge in [-0.25, -0.2) is 0 Å². The van der Waals surface area contributed by atoms with Crippen molar-refractivity contribution >= 4 is 5.69 Å². The minimum Gasteiger partial charge on any atom is -0.375 e. The van der Waals surface area contributed by atoms with Crippen molar-refractivity contribution in [3.8, 4) is 6.07 Å². The van der Waals surface area contributed by atoms with Crippen LogP contribution in [0.1, 0.15) is 56.5 Å². The van der Waals surface area contributed by atoms with Crippen molar-refractivity contribution in [1.82, 2.24) is 19.6 Å². The molecule has 2 aromatic rings. The molecule has 0 fully saturated rings. The van der Waals surface area contributed by atoms with E-state index in [0.29, 0.717) is 17.4 Å². The van der Waals surface area contributed by atoms with E-state index in [-0.39, 0.29) is 0 Å². The lowest BCUT2D eigenvalue weighted by Crippen LogP contribution is -2.10. The van der Waals surface area contributed by atoms with E-state index in [9.17, 15) is 0 Å². The number of aryl methyl sites for hydroxylation is 2. The van der Waals surface area contributed by atoms with Crippen molar-refractivity contribution < 1.29 is 0 Å². The molecule has 0 aliphatic carbocycles. The number of hydrogen-bond donors (Lipinski definition) is 0. The average Bonchev–Trinajstić information content (AvgIpc) is 3.02. The van der Waals surface area contributed by atoms with Crippen LogP contribution in [0.3, 0.4) is 0 Å². The molecule has 2 rings (SSSR count). The normalized spacial score (nSPS) is 10.5. The maximum Gasteiger partial charge on any atom is 0.103 e. The Kier molecular flexibility index (Phi) is 6.38. The number of aromatic nitrogens is 4. The van der Waals surface area contributed by atoms with E-state index in [1.54, 1.807) is 10.9 Å². The van der Waals surface area contributed by atoms with E-state index in [0.717, 1.165) is 5.69 Å². The topological polar surface area (TPSA) is 62.7 Å². The third kappa shape index (κ3) is 4.85. The lowest BCUT2D eigenvalue weighted by molar-refractivity contribution is 0.712. The first-order chi connectivity index (χ1) is 10.7. The fraction of sp³-hybridized carbons (Fsp3) is 0.588. The Morgan fingerprint density at radius 3 is 1.78 bits per heavy atom. The van der Waals surface area contributed by atoms with Crippen LogP contribution in [0.15, 0.2) is 12.4 Å². The molecular weight excluding hydrogens is 288 g/mol. The lowest BCUT2D eigenvalue weighted by Gasteiger charge is -2.12. The molecule has 6 heteroatoms. The quantitative estimate of drug-likeness (QED) is 0.873. The van der Waals surface area contributed by atoms with Gasteiger partial charge in [-0.2, -0.15) is 15.5 Å². The van der Waals surface area contributed by atoms with E-state index < -0.39 is 0 Å². The monoisotopic (exact) mass is 316 g/mol. The van der Waals surface area contributed by atoms with Gasteiger partial charge in [0.05, 0.1) is 22.6 Å². The highest BCUT2D eigenvalue weighted by Crippen LogP contribution is 2.23. The second-order valence-corrected chi connectivity index (χ2v) is 6.49. The molecule has 6 nitrogen and oxygen atoms in total. The van der Waals surface area contributed by atoms with E-state index in [1.807, 2.05) is 46.7 Å². The first kappa shape index (κ1) is 18.8. The van der Waals surface area contributed by atoms with E-state index in [1.165, 1.54) is 11.4 Å². The Labute approximate surface area is 139 Å². The third-order valence-electron chi connectivity index (χ3n) is 3.39. The molecule has 0 unspecified atom stereocenters. The smallest absolute Gasteiger partial charge is 0.103 e. The Morgan fingerprint density at radius 2 is 1.43 bits per heavy atom. The average molecular weight is 316 g/mol. The molecule has 0 saturated carbocycles. The molecule has 126 valence electrons. The van der Waals surface area contributed by atoms with Crippen molar-refractivity contribution in [1.29, 1.82) is 5.26 Å². The maximum atomic E-state index is 8.68. The summed E-state index contributed by atoms with van der Waals surface area (Å²) in [5, 5.41) is 17.3. The van der Waals surface area contributed by atoms with Gasteiger partial charge in [0.1, 0.15) is 6.07 Å². The van der Waals surface area contributed by atoms with Gasteiger partial charge in [0.25, 0.3) is 0 Å². The fourth-order valence-corrected chi connectivity index (χ4v) is 2.27. The van der Waals surface area contributed by atoms with E-state index >= 15 is 0 Å². The summed E-state index contributed by atoms with van der Waals surface area (Å²) >= 11 is 0. The van der Waals surface area contributed by atoms with Gasteiger partial charge in [0.15, 0.2) is 0 Å². The van der Waals surface area contributed by atoms with Crippen molar-refractivity contribution in [2.75, 3.05) is 19.0 Å². The molecule has 0 radical (unpaired) electrons. The molecule has 2 aromatic heterocycles. The van der Waals surface area contributed by atoms with Crippen LogP contribution in [0.2, 0.25) is 0 Å². The Bertz CT molecular complexity index is 644. The second-order valence-electron chi connectivity index (χ2n) is 6.49. The molecule has 0 amide bonds. The summed E-state index contributed by atoms with van der Waals surface area (Å²) in [6.45, 7) is 8.39. The van der Waals surface area contributed by atoms with Crippen LogP contribution in [-0.2, 0) is 14.1 Å². The SMILES string of the molecule is CC(C)c1nn(C)cc1C#N.CC(C)c1nn(C)cc1N(C)C. The minimum atomic E-state index is 0.325. The lowest BCUT2D eigenvalue weighted by atomic mass is 10.1. The van der Waals surface area contributed by atoms with E-state index in [4.69, 9.17) is 5.26 Å². The molecule has 2 heterocycles. The van der Waals surface area contributed by atoms with Gasteiger partial charge in [0, 0.05) is 40.6 Å². The molecule has 0 spiro atoms. The van der Waals surface area contributed by atoms with Crippen molar-refractivity contribution in [2.24, 2.45) is 14.1 Å². The number of nitriles is 1. The molecular formula is C17H28N6. The highest BCUT2D eigenvalue weighted by Gasteiger charge is 2.12. The number of rotatable bonds is 3. The summed E-state index contributed by atoms with van der Waals surface area (Å²) in [6.07, 6.45) is 3.80. The third-order valence-corrected chi connectivity index (χ3v) is 3.39. The second kappa shape index (κ2) is 7.82. The zero-order valence-electron chi connectivity index (χ0n) is 15.5. The zero-order valence-corrected chi connectivity index (χ0v) is 15.5. The van der Waals surface area contributed by atoms with Crippen LogP contribution in [0.25, 0.3) is 0 Å². The summed E-state index contributed by atoms with van der Waals surface area (Å²) in [5.41, 5.74) is 3.95. The summed E-state index contributed by atoms with van der Waals surface area (Å²) in [7, 11) is 7.87. The van der Waals surface area contributed by atoms with Crippen molar-refractivity contribution in [3.63, 3.8) is 0 Å². The van der Waals surface area contributed by atoms with Crippen LogP contribution < -0.4 is 4.90 Å². The van der Waals surface area contributed by atoms with Crippen LogP contribution >= 0.6 is 0 Å². The Hall–Kier alpha value is -2.29. The Balaban J connectivity index is 0.000000231. The predicted molar refractivity (Wildman–Crippen MR) is 93.6 cm³/mol. The molecule has 0 atom stereocenters. The standard InChI is InChI=1S/C9H17N3.C8H11N3/c1-7(2)9-8(11(3)4)6-12(5)10-9;1-6(2)8-7(4-9)5-11(3)10-8/h6-7H,1-5H3;5-6H,1-3H3. The summed E-state index contributed by atoms with van der Waals surface area (Å²) in [6, 6.07) is 2.11. The predicted octanol–water partition coefficient (Wildman–Crippen LogP) is 3.02. The van der Waals surface area contributed by atoms with Gasteiger partial charge in [-0.15, -0.1) is 0 Å². The van der Waals surface area contributed by atoms with Crippen LogP contribution in [0, 0.1) is 11.3 Å². The van der Waals surface area contributed by atoms with Crippen LogP contribution in [-0.4, -0.2) is 33.7 Å². The molecule has 0 aliphatic rings. The molecule has 0 aliphatic heterocycles. The first-order valence-electron chi connectivity index (χ1n) is 7.81.